The van der Waals surface area contributed by atoms with Crippen molar-refractivity contribution in [2.24, 2.45) is 5.41 Å². The molecule has 1 aromatic heterocycles. The van der Waals surface area contributed by atoms with E-state index in [0.29, 0.717) is 16.8 Å². The lowest BCUT2D eigenvalue weighted by molar-refractivity contribution is -0.384. The fourth-order valence-electron chi connectivity index (χ4n) is 3.54. The van der Waals surface area contributed by atoms with Crippen LogP contribution >= 0.6 is 11.6 Å². The van der Waals surface area contributed by atoms with Gasteiger partial charge in [-0.2, -0.15) is 9.78 Å². The molecule has 1 aromatic carbocycles. The molecule has 25 heavy (non-hydrogen) atoms. The van der Waals surface area contributed by atoms with Gasteiger partial charge in [0.1, 0.15) is 5.02 Å². The number of hydrogen-bond acceptors (Lipinski definition) is 5. The smallest absolute Gasteiger partial charge is 0.292 e. The summed E-state index contributed by atoms with van der Waals surface area (Å²) < 4.78 is 1.17. The van der Waals surface area contributed by atoms with Gasteiger partial charge < -0.3 is 4.90 Å². The molecule has 4 rings (SSSR count). The van der Waals surface area contributed by atoms with Crippen molar-refractivity contribution in [3.05, 3.63) is 56.0 Å². The predicted octanol–water partition coefficient (Wildman–Crippen LogP) is 3.17. The van der Waals surface area contributed by atoms with Crippen molar-refractivity contribution in [1.29, 1.82) is 0 Å². The Bertz CT molecular complexity index is 890. The molecule has 0 N–H and O–H groups in total. The Balaban J connectivity index is 1.66. The number of anilines is 1. The molecule has 2 fully saturated rings. The molecule has 2 aliphatic rings. The third-order valence-corrected chi connectivity index (χ3v) is 5.52. The maximum Gasteiger partial charge on any atom is 0.292 e. The zero-order chi connectivity index (χ0) is 17.6. The molecule has 7 nitrogen and oxygen atoms in total. The summed E-state index contributed by atoms with van der Waals surface area (Å²) in [7, 11) is 0. The lowest BCUT2D eigenvalue weighted by Gasteiger charge is -2.34. The molecule has 0 unspecified atom stereocenters. The molecule has 0 bridgehead atoms. The van der Waals surface area contributed by atoms with E-state index in [1.165, 1.54) is 48.2 Å². The summed E-state index contributed by atoms with van der Waals surface area (Å²) in [5, 5.41) is 15.1. The first-order valence-electron chi connectivity index (χ1n) is 8.27. The van der Waals surface area contributed by atoms with Crippen LogP contribution in [0.1, 0.15) is 25.7 Å². The minimum absolute atomic E-state index is 0.0393. The van der Waals surface area contributed by atoms with Crippen LogP contribution in [-0.2, 0) is 0 Å². The number of benzene rings is 1. The standard InChI is InChI=1S/C17H17ClN4O3/c18-15-14(20-9-1-6-17(11-20)7-8-17)10-19-21(16(15)23)12-2-4-13(5-3-12)22(24)25/h2-5,10H,1,6-9,11H2. The fourth-order valence-corrected chi connectivity index (χ4v) is 3.79. The van der Waals surface area contributed by atoms with E-state index in [9.17, 15) is 14.9 Å². The molecule has 1 aliphatic heterocycles. The van der Waals surface area contributed by atoms with E-state index in [4.69, 9.17) is 11.6 Å². The van der Waals surface area contributed by atoms with Gasteiger partial charge in [-0.15, -0.1) is 0 Å². The van der Waals surface area contributed by atoms with Crippen LogP contribution < -0.4 is 10.5 Å². The molecule has 130 valence electrons. The van der Waals surface area contributed by atoms with Crippen LogP contribution in [-0.4, -0.2) is 27.8 Å². The maximum atomic E-state index is 12.6. The van der Waals surface area contributed by atoms with E-state index in [1.807, 2.05) is 0 Å². The van der Waals surface area contributed by atoms with Crippen LogP contribution in [0, 0.1) is 15.5 Å². The Kier molecular flexibility index (Phi) is 3.76. The monoisotopic (exact) mass is 360 g/mol. The number of aromatic nitrogens is 2. The minimum Gasteiger partial charge on any atom is -0.368 e. The van der Waals surface area contributed by atoms with Gasteiger partial charge in [-0.05, 0) is 43.2 Å². The molecule has 8 heteroatoms. The Labute approximate surface area is 149 Å². The molecule has 0 atom stereocenters. The minimum atomic E-state index is -0.486. The number of piperidine rings is 1. The SMILES string of the molecule is O=c1c(Cl)c(N2CCCC3(CC3)C2)cnn1-c1ccc([N+](=O)[O-])cc1. The van der Waals surface area contributed by atoms with Crippen LogP contribution in [0.4, 0.5) is 11.4 Å². The van der Waals surface area contributed by atoms with Crippen molar-refractivity contribution in [3.8, 4) is 5.69 Å². The molecular weight excluding hydrogens is 344 g/mol. The number of nitrogens with zero attached hydrogens (tertiary/aromatic N) is 4. The van der Waals surface area contributed by atoms with Gasteiger partial charge in [0.05, 0.1) is 22.5 Å². The van der Waals surface area contributed by atoms with Crippen molar-refractivity contribution < 1.29 is 4.92 Å². The second kappa shape index (κ2) is 5.84. The second-order valence-corrected chi connectivity index (χ2v) is 7.24. The third kappa shape index (κ3) is 2.89. The van der Waals surface area contributed by atoms with Gasteiger partial charge in [-0.1, -0.05) is 11.6 Å². The van der Waals surface area contributed by atoms with Crippen LogP contribution in [0.25, 0.3) is 5.69 Å². The van der Waals surface area contributed by atoms with Crippen LogP contribution in [0.3, 0.4) is 0 Å². The molecule has 2 heterocycles. The van der Waals surface area contributed by atoms with Gasteiger partial charge >= 0.3 is 0 Å². The van der Waals surface area contributed by atoms with E-state index in [-0.39, 0.29) is 10.7 Å². The largest absolute Gasteiger partial charge is 0.368 e. The second-order valence-electron chi connectivity index (χ2n) is 6.86. The molecule has 1 spiro atoms. The topological polar surface area (TPSA) is 81.3 Å². The fraction of sp³-hybridized carbons (Fsp3) is 0.412. The third-order valence-electron chi connectivity index (χ3n) is 5.16. The number of hydrogen-bond donors (Lipinski definition) is 0. The van der Waals surface area contributed by atoms with E-state index < -0.39 is 10.5 Å². The van der Waals surface area contributed by atoms with Crippen molar-refractivity contribution in [3.63, 3.8) is 0 Å². The number of non-ortho nitro benzene ring substituents is 1. The molecule has 2 aromatic rings. The molecule has 1 saturated heterocycles. The Hall–Kier alpha value is -2.41. The summed E-state index contributed by atoms with van der Waals surface area (Å²) in [6, 6.07) is 5.66. The van der Waals surface area contributed by atoms with Crippen LogP contribution in [0.15, 0.2) is 35.3 Å². The maximum absolute atomic E-state index is 12.6. The lowest BCUT2D eigenvalue weighted by Crippen LogP contribution is -2.38. The summed E-state index contributed by atoms with van der Waals surface area (Å²) in [5.74, 6) is 0. The first-order valence-corrected chi connectivity index (χ1v) is 8.65. The van der Waals surface area contributed by atoms with E-state index in [2.05, 4.69) is 10.00 Å². The van der Waals surface area contributed by atoms with E-state index in [0.717, 1.165) is 19.5 Å². The summed E-state index contributed by atoms with van der Waals surface area (Å²) in [4.78, 5) is 25.1. The van der Waals surface area contributed by atoms with Gasteiger partial charge in [0, 0.05) is 25.2 Å². The summed E-state index contributed by atoms with van der Waals surface area (Å²) in [6.07, 6.45) is 6.45. The van der Waals surface area contributed by atoms with Crippen molar-refractivity contribution in [2.45, 2.75) is 25.7 Å². The highest BCUT2D eigenvalue weighted by Crippen LogP contribution is 2.52. The van der Waals surface area contributed by atoms with Gasteiger partial charge in [0.15, 0.2) is 0 Å². The zero-order valence-corrected chi connectivity index (χ0v) is 14.3. The molecular formula is C17H17ClN4O3. The summed E-state index contributed by atoms with van der Waals surface area (Å²) >= 11 is 6.35. The summed E-state index contributed by atoms with van der Waals surface area (Å²) in [6.45, 7) is 1.81. The van der Waals surface area contributed by atoms with Crippen molar-refractivity contribution in [1.82, 2.24) is 9.78 Å². The van der Waals surface area contributed by atoms with Gasteiger partial charge in [0.25, 0.3) is 11.2 Å². The molecule has 1 aliphatic carbocycles. The zero-order valence-electron chi connectivity index (χ0n) is 13.5. The van der Waals surface area contributed by atoms with Gasteiger partial charge in [0.2, 0.25) is 0 Å². The average Bonchev–Trinajstić information content (AvgIpc) is 3.36. The lowest BCUT2D eigenvalue weighted by atomic mass is 9.95. The van der Waals surface area contributed by atoms with Crippen LogP contribution in [0.2, 0.25) is 5.02 Å². The van der Waals surface area contributed by atoms with Crippen LogP contribution in [0.5, 0.6) is 0 Å². The predicted molar refractivity (Wildman–Crippen MR) is 94.6 cm³/mol. The molecule has 0 radical (unpaired) electrons. The number of nitro groups is 1. The Morgan fingerprint density at radius 1 is 1.20 bits per heavy atom. The highest BCUT2D eigenvalue weighted by Gasteiger charge is 2.45. The Morgan fingerprint density at radius 2 is 1.92 bits per heavy atom. The highest BCUT2D eigenvalue weighted by atomic mass is 35.5. The molecule has 0 amide bonds. The van der Waals surface area contributed by atoms with E-state index in [1.54, 1.807) is 6.20 Å². The van der Waals surface area contributed by atoms with Gasteiger partial charge in [-0.25, -0.2) is 0 Å². The first kappa shape index (κ1) is 16.1. The number of halogens is 1. The van der Waals surface area contributed by atoms with Gasteiger partial charge in [-0.3, -0.25) is 14.9 Å². The normalized spacial score (nSPS) is 18.4. The number of nitro benzene ring substituents is 1. The molecule has 1 saturated carbocycles. The Morgan fingerprint density at radius 3 is 2.56 bits per heavy atom. The van der Waals surface area contributed by atoms with E-state index >= 15 is 0 Å². The summed E-state index contributed by atoms with van der Waals surface area (Å²) in [5.41, 5.74) is 1.08. The first-order chi connectivity index (χ1) is 12.0. The number of rotatable bonds is 3. The highest BCUT2D eigenvalue weighted by molar-refractivity contribution is 6.33. The van der Waals surface area contributed by atoms with Crippen molar-refractivity contribution >= 4 is 23.0 Å². The average molecular weight is 361 g/mol. The van der Waals surface area contributed by atoms with Crippen molar-refractivity contribution in [2.75, 3.05) is 18.0 Å². The quantitative estimate of drug-likeness (QED) is 0.620.